The molecule has 20 heavy (non-hydrogen) atoms. The third-order valence-corrected chi connectivity index (χ3v) is 3.92. The summed E-state index contributed by atoms with van der Waals surface area (Å²) in [4.78, 5) is 22.7. The Kier molecular flexibility index (Phi) is 4.38. The molecule has 1 amide bonds. The minimum atomic E-state index is -0.426. The molecule has 1 N–H and O–H groups in total. The topological polar surface area (TPSA) is 66.3 Å². The van der Waals surface area contributed by atoms with Gasteiger partial charge in [-0.1, -0.05) is 13.8 Å². The molecule has 2 rings (SSSR count). The van der Waals surface area contributed by atoms with E-state index in [0.29, 0.717) is 24.0 Å². The first-order chi connectivity index (χ1) is 9.48. The van der Waals surface area contributed by atoms with Gasteiger partial charge in [0, 0.05) is 12.7 Å². The molecule has 1 aromatic rings. The highest BCUT2D eigenvalue weighted by Gasteiger charge is 2.43. The molecule has 5 nitrogen and oxygen atoms in total. The number of aliphatic hydroxyl groups excluding tert-OH is 1. The van der Waals surface area contributed by atoms with Crippen LogP contribution in [0.3, 0.4) is 0 Å². The van der Waals surface area contributed by atoms with Gasteiger partial charge in [-0.2, -0.15) is 0 Å². The van der Waals surface area contributed by atoms with Crippen LogP contribution in [0.5, 0.6) is 0 Å². The van der Waals surface area contributed by atoms with Crippen LogP contribution in [0, 0.1) is 12.8 Å². The third-order valence-electron chi connectivity index (χ3n) is 3.92. The van der Waals surface area contributed by atoms with Crippen LogP contribution in [0.2, 0.25) is 0 Å². The number of nitrogens with zero attached hydrogens (tertiary/aromatic N) is 3. The van der Waals surface area contributed by atoms with Crippen LogP contribution in [0.25, 0.3) is 0 Å². The number of aromatic nitrogens is 2. The van der Waals surface area contributed by atoms with E-state index in [2.05, 4.69) is 23.8 Å². The molecule has 1 aliphatic heterocycles. The van der Waals surface area contributed by atoms with Crippen molar-refractivity contribution in [3.8, 4) is 0 Å². The van der Waals surface area contributed by atoms with E-state index in [0.717, 1.165) is 19.3 Å². The molecule has 0 radical (unpaired) electrons. The second-order valence-electron chi connectivity index (χ2n) is 6.03. The summed E-state index contributed by atoms with van der Waals surface area (Å²) in [5.41, 5.74) is -0.00891. The molecule has 5 heteroatoms. The van der Waals surface area contributed by atoms with Crippen LogP contribution < -0.4 is 0 Å². The Bertz CT molecular complexity index is 490. The van der Waals surface area contributed by atoms with Crippen molar-refractivity contribution in [3.05, 3.63) is 23.8 Å². The highest BCUT2D eigenvalue weighted by Crippen LogP contribution is 2.35. The average Bonchev–Trinajstić information content (AvgIpc) is 2.81. The summed E-state index contributed by atoms with van der Waals surface area (Å²) in [5, 5.41) is 9.86. The van der Waals surface area contributed by atoms with Gasteiger partial charge in [0.15, 0.2) is 0 Å². The smallest absolute Gasteiger partial charge is 0.273 e. The fourth-order valence-corrected chi connectivity index (χ4v) is 3.17. The molecule has 0 bridgehead atoms. The quantitative estimate of drug-likeness (QED) is 0.911. The van der Waals surface area contributed by atoms with Crippen molar-refractivity contribution < 1.29 is 9.90 Å². The lowest BCUT2D eigenvalue weighted by Gasteiger charge is -2.38. The van der Waals surface area contributed by atoms with E-state index in [9.17, 15) is 9.90 Å². The number of rotatable bonds is 4. The number of aryl methyl sites for hydroxylation is 1. The molecule has 0 aliphatic carbocycles. The van der Waals surface area contributed by atoms with E-state index in [4.69, 9.17) is 0 Å². The number of hydrogen-bond acceptors (Lipinski definition) is 4. The zero-order valence-electron chi connectivity index (χ0n) is 12.5. The number of aliphatic hydroxyl groups is 1. The zero-order chi connectivity index (χ0) is 14.8. The van der Waals surface area contributed by atoms with Gasteiger partial charge >= 0.3 is 0 Å². The Hall–Kier alpha value is -1.49. The van der Waals surface area contributed by atoms with E-state index in [1.165, 1.54) is 0 Å². The predicted octanol–water partition coefficient (Wildman–Crippen LogP) is 1.80. The first kappa shape index (κ1) is 14.9. The van der Waals surface area contributed by atoms with Crippen LogP contribution in [-0.4, -0.2) is 44.6 Å². The molecule has 0 aromatic carbocycles. The molecule has 1 aliphatic rings. The van der Waals surface area contributed by atoms with Crippen molar-refractivity contribution in [2.24, 2.45) is 5.92 Å². The van der Waals surface area contributed by atoms with Gasteiger partial charge in [-0.3, -0.25) is 4.79 Å². The third kappa shape index (κ3) is 2.82. The first-order valence-electron chi connectivity index (χ1n) is 7.21. The lowest BCUT2D eigenvalue weighted by atomic mass is 9.87. The summed E-state index contributed by atoms with van der Waals surface area (Å²) in [7, 11) is 0. The number of carbonyl (C=O) groups excluding carboxylic acids is 1. The fraction of sp³-hybridized carbons (Fsp3) is 0.667. The maximum absolute atomic E-state index is 12.7. The molecule has 0 saturated carbocycles. The van der Waals surface area contributed by atoms with Crippen LogP contribution >= 0.6 is 0 Å². The molecule has 110 valence electrons. The Morgan fingerprint density at radius 2 is 2.30 bits per heavy atom. The Labute approximate surface area is 120 Å². The van der Waals surface area contributed by atoms with Crippen LogP contribution in [-0.2, 0) is 0 Å². The van der Waals surface area contributed by atoms with E-state index < -0.39 is 5.54 Å². The van der Waals surface area contributed by atoms with Gasteiger partial charge in [-0.15, -0.1) is 0 Å². The molecule has 0 spiro atoms. The van der Waals surface area contributed by atoms with Crippen molar-refractivity contribution in [3.63, 3.8) is 0 Å². The summed E-state index contributed by atoms with van der Waals surface area (Å²) >= 11 is 0. The van der Waals surface area contributed by atoms with Crippen molar-refractivity contribution in [2.45, 2.75) is 45.6 Å². The van der Waals surface area contributed by atoms with Crippen molar-refractivity contribution in [2.75, 3.05) is 13.2 Å². The monoisotopic (exact) mass is 277 g/mol. The normalized spacial score (nSPS) is 22.6. The second-order valence-corrected chi connectivity index (χ2v) is 6.03. The summed E-state index contributed by atoms with van der Waals surface area (Å²) in [6.07, 6.45) is 4.22. The fourth-order valence-electron chi connectivity index (χ4n) is 3.17. The lowest BCUT2D eigenvalue weighted by Crippen LogP contribution is -2.51. The number of hydrogen-bond donors (Lipinski definition) is 1. The molecule has 1 saturated heterocycles. The van der Waals surface area contributed by atoms with Gasteiger partial charge in [0.1, 0.15) is 11.5 Å². The van der Waals surface area contributed by atoms with Crippen molar-refractivity contribution in [1.82, 2.24) is 14.9 Å². The summed E-state index contributed by atoms with van der Waals surface area (Å²) in [6.45, 7) is 6.71. The molecule has 0 unspecified atom stereocenters. The number of likely N-dealkylation sites (tertiary alicyclic amines) is 1. The Morgan fingerprint density at radius 3 is 2.90 bits per heavy atom. The minimum Gasteiger partial charge on any atom is -0.394 e. The second kappa shape index (κ2) is 5.87. The highest BCUT2D eigenvalue weighted by atomic mass is 16.3. The maximum atomic E-state index is 12.7. The lowest BCUT2D eigenvalue weighted by molar-refractivity contribution is 0.0327. The van der Waals surface area contributed by atoms with E-state index >= 15 is 0 Å². The molecule has 1 atom stereocenters. The van der Waals surface area contributed by atoms with E-state index in [1.807, 2.05) is 4.90 Å². The average molecular weight is 277 g/mol. The minimum absolute atomic E-state index is 0.0149. The largest absolute Gasteiger partial charge is 0.394 e. The van der Waals surface area contributed by atoms with Gasteiger partial charge in [0.25, 0.3) is 5.91 Å². The first-order valence-corrected chi connectivity index (χ1v) is 7.21. The Morgan fingerprint density at radius 1 is 1.55 bits per heavy atom. The molecular formula is C15H23N3O2. The molecule has 2 heterocycles. The zero-order valence-corrected chi connectivity index (χ0v) is 12.5. The Balaban J connectivity index is 2.27. The van der Waals surface area contributed by atoms with Crippen LogP contribution in [0.4, 0.5) is 0 Å². The van der Waals surface area contributed by atoms with Gasteiger partial charge in [-0.05, 0) is 38.2 Å². The van der Waals surface area contributed by atoms with Crippen molar-refractivity contribution in [1.29, 1.82) is 0 Å². The SMILES string of the molecule is Cc1nccc(C(=O)N2CCC[C@@]2(CO)CC(C)C)n1. The summed E-state index contributed by atoms with van der Waals surface area (Å²) in [5.74, 6) is 0.930. The van der Waals surface area contributed by atoms with E-state index in [1.54, 1.807) is 19.2 Å². The van der Waals surface area contributed by atoms with E-state index in [-0.39, 0.29) is 12.5 Å². The number of carbonyl (C=O) groups is 1. The number of amides is 1. The highest BCUT2D eigenvalue weighted by molar-refractivity contribution is 5.93. The van der Waals surface area contributed by atoms with Crippen LogP contribution in [0.15, 0.2) is 12.3 Å². The maximum Gasteiger partial charge on any atom is 0.273 e. The summed E-state index contributed by atoms with van der Waals surface area (Å²) in [6, 6.07) is 1.64. The van der Waals surface area contributed by atoms with Crippen LogP contribution in [0.1, 0.15) is 49.4 Å². The standard InChI is InChI=1S/C15H23N3O2/c1-11(2)9-15(10-19)6-4-8-18(15)14(20)13-5-7-16-12(3)17-13/h5,7,11,19H,4,6,8-10H2,1-3H3/t15-/m0/s1. The van der Waals surface area contributed by atoms with Gasteiger partial charge in [0.2, 0.25) is 0 Å². The van der Waals surface area contributed by atoms with Gasteiger partial charge < -0.3 is 10.0 Å². The molecular weight excluding hydrogens is 254 g/mol. The predicted molar refractivity (Wildman–Crippen MR) is 76.3 cm³/mol. The summed E-state index contributed by atoms with van der Waals surface area (Å²) < 4.78 is 0. The molecule has 1 aromatic heterocycles. The van der Waals surface area contributed by atoms with Gasteiger partial charge in [-0.25, -0.2) is 9.97 Å². The van der Waals surface area contributed by atoms with Gasteiger partial charge in [0.05, 0.1) is 12.1 Å². The van der Waals surface area contributed by atoms with Crippen molar-refractivity contribution >= 4 is 5.91 Å². The molecule has 1 fully saturated rings.